The van der Waals surface area contributed by atoms with Crippen LogP contribution in [0.3, 0.4) is 0 Å². The Bertz CT molecular complexity index is 1050. The Morgan fingerprint density at radius 3 is 2.83 bits per heavy atom. The van der Waals surface area contributed by atoms with E-state index in [1.165, 1.54) is 0 Å². The minimum absolute atomic E-state index is 0.244. The molecule has 1 aromatic carbocycles. The Hall–Kier alpha value is -2.00. The van der Waals surface area contributed by atoms with Crippen molar-refractivity contribution in [1.29, 1.82) is 0 Å². The molecule has 0 aliphatic carbocycles. The normalized spacial score (nSPS) is 16.5. The third-order valence-electron chi connectivity index (χ3n) is 4.79. The minimum Gasteiger partial charge on any atom is -0.376 e. The molecule has 4 aromatic rings. The van der Waals surface area contributed by atoms with Crippen molar-refractivity contribution in [3.8, 4) is 21.3 Å². The number of ether oxygens (including phenoxy) is 1. The molecule has 4 heterocycles. The van der Waals surface area contributed by atoms with Gasteiger partial charge < -0.3 is 4.74 Å². The second-order valence-corrected chi connectivity index (χ2v) is 9.58. The molecule has 29 heavy (non-hydrogen) atoms. The number of thioether (sulfide) groups is 1. The molecule has 8 heteroatoms. The Morgan fingerprint density at radius 1 is 1.10 bits per heavy atom. The Labute approximate surface area is 181 Å². The average molecular weight is 441 g/mol. The molecule has 1 unspecified atom stereocenters. The van der Waals surface area contributed by atoms with Gasteiger partial charge in [-0.15, -0.1) is 32.9 Å². The topological polar surface area (TPSA) is 52.8 Å². The van der Waals surface area contributed by atoms with Gasteiger partial charge in [-0.2, -0.15) is 0 Å². The van der Waals surface area contributed by atoms with Gasteiger partial charge in [0.15, 0.2) is 11.0 Å². The lowest BCUT2D eigenvalue weighted by molar-refractivity contribution is 0.0953. The number of aromatic nitrogens is 4. The fourth-order valence-electron chi connectivity index (χ4n) is 3.37. The summed E-state index contributed by atoms with van der Waals surface area (Å²) in [5.41, 5.74) is 2.23. The van der Waals surface area contributed by atoms with E-state index < -0.39 is 0 Å². The summed E-state index contributed by atoms with van der Waals surface area (Å²) < 4.78 is 8.10. The average Bonchev–Trinajstić information content (AvgIpc) is 3.54. The molecule has 5 nitrogen and oxygen atoms in total. The highest BCUT2D eigenvalue weighted by atomic mass is 32.2. The zero-order chi connectivity index (χ0) is 19.5. The summed E-state index contributed by atoms with van der Waals surface area (Å²) in [5.74, 6) is 1.71. The zero-order valence-corrected chi connectivity index (χ0v) is 18.2. The van der Waals surface area contributed by atoms with Crippen molar-refractivity contribution in [3.05, 3.63) is 58.9 Å². The first-order chi connectivity index (χ1) is 14.4. The van der Waals surface area contributed by atoms with E-state index in [-0.39, 0.29) is 6.10 Å². The summed E-state index contributed by atoms with van der Waals surface area (Å²) in [6.45, 7) is 1.65. The summed E-state index contributed by atoms with van der Waals surface area (Å²) in [6.07, 6.45) is 2.47. The number of hydrogen-bond donors (Lipinski definition) is 0. The molecule has 1 saturated heterocycles. The number of thiazole rings is 1. The molecule has 5 rings (SSSR count). The van der Waals surface area contributed by atoms with Crippen LogP contribution in [0.1, 0.15) is 18.5 Å². The maximum absolute atomic E-state index is 5.88. The van der Waals surface area contributed by atoms with Crippen molar-refractivity contribution in [2.24, 2.45) is 0 Å². The first-order valence-corrected chi connectivity index (χ1v) is 12.3. The Balaban J connectivity index is 1.35. The molecular formula is C21H20N4OS3. The van der Waals surface area contributed by atoms with E-state index in [0.717, 1.165) is 63.9 Å². The first-order valence-electron chi connectivity index (χ1n) is 9.58. The lowest BCUT2D eigenvalue weighted by atomic mass is 10.2. The van der Waals surface area contributed by atoms with Gasteiger partial charge in [0.25, 0.3) is 0 Å². The smallest absolute Gasteiger partial charge is 0.191 e. The fraction of sp³-hybridized carbons (Fsp3) is 0.286. The van der Waals surface area contributed by atoms with E-state index in [1.807, 2.05) is 18.2 Å². The van der Waals surface area contributed by atoms with Crippen molar-refractivity contribution in [2.45, 2.75) is 36.4 Å². The Kier molecular flexibility index (Phi) is 5.76. The summed E-state index contributed by atoms with van der Waals surface area (Å²) in [4.78, 5) is 5.94. The van der Waals surface area contributed by atoms with E-state index in [1.54, 1.807) is 34.4 Å². The highest BCUT2D eigenvalue weighted by molar-refractivity contribution is 7.98. The minimum atomic E-state index is 0.244. The molecule has 1 aliphatic rings. The second kappa shape index (κ2) is 8.79. The molecular weight excluding hydrogens is 420 g/mol. The van der Waals surface area contributed by atoms with Crippen LogP contribution in [0.2, 0.25) is 0 Å². The van der Waals surface area contributed by atoms with Crippen molar-refractivity contribution in [3.63, 3.8) is 0 Å². The molecule has 1 fully saturated rings. The predicted molar refractivity (Wildman–Crippen MR) is 119 cm³/mol. The molecule has 3 aromatic heterocycles. The molecule has 0 bridgehead atoms. The third-order valence-corrected chi connectivity index (χ3v) is 7.60. The maximum atomic E-state index is 5.88. The van der Waals surface area contributed by atoms with Gasteiger partial charge in [-0.3, -0.25) is 4.57 Å². The molecule has 0 amide bonds. The van der Waals surface area contributed by atoms with Gasteiger partial charge in [-0.25, -0.2) is 4.98 Å². The molecule has 1 aliphatic heterocycles. The summed E-state index contributed by atoms with van der Waals surface area (Å²) in [7, 11) is 0. The van der Waals surface area contributed by atoms with Crippen LogP contribution in [0.4, 0.5) is 0 Å². The lowest BCUT2D eigenvalue weighted by Crippen LogP contribution is -2.16. The van der Waals surface area contributed by atoms with Crippen LogP contribution < -0.4 is 0 Å². The molecule has 0 N–H and O–H groups in total. The molecule has 0 radical (unpaired) electrons. The highest BCUT2D eigenvalue weighted by Gasteiger charge is 2.22. The number of rotatable bonds is 7. The van der Waals surface area contributed by atoms with Gasteiger partial charge in [0.2, 0.25) is 0 Å². The van der Waals surface area contributed by atoms with Crippen molar-refractivity contribution in [2.75, 3.05) is 6.61 Å². The van der Waals surface area contributed by atoms with Crippen LogP contribution >= 0.6 is 34.4 Å². The van der Waals surface area contributed by atoms with Gasteiger partial charge in [-0.05, 0) is 24.3 Å². The number of thiophene rings is 1. The van der Waals surface area contributed by atoms with E-state index in [4.69, 9.17) is 9.72 Å². The molecule has 0 spiro atoms. The Morgan fingerprint density at radius 2 is 2.03 bits per heavy atom. The van der Waals surface area contributed by atoms with Crippen LogP contribution in [0.25, 0.3) is 21.3 Å². The van der Waals surface area contributed by atoms with Gasteiger partial charge in [0, 0.05) is 23.3 Å². The molecule has 0 saturated carbocycles. The summed E-state index contributed by atoms with van der Waals surface area (Å²) in [6, 6.07) is 14.5. The zero-order valence-electron chi connectivity index (χ0n) is 15.7. The quantitative estimate of drug-likeness (QED) is 0.350. The van der Waals surface area contributed by atoms with E-state index in [2.05, 4.69) is 49.8 Å². The van der Waals surface area contributed by atoms with Crippen molar-refractivity contribution >= 4 is 34.4 Å². The summed E-state index contributed by atoms with van der Waals surface area (Å²) >= 11 is 5.07. The van der Waals surface area contributed by atoms with Gasteiger partial charge in [0.1, 0.15) is 5.01 Å². The van der Waals surface area contributed by atoms with Crippen LogP contribution in [0.5, 0.6) is 0 Å². The molecule has 148 valence electrons. The number of benzene rings is 1. The summed E-state index contributed by atoms with van der Waals surface area (Å²) in [5, 5.41) is 15.2. The van der Waals surface area contributed by atoms with Gasteiger partial charge in [0.05, 0.1) is 23.2 Å². The van der Waals surface area contributed by atoms with Crippen LogP contribution in [-0.4, -0.2) is 32.5 Å². The predicted octanol–water partition coefficient (Wildman–Crippen LogP) is 5.60. The van der Waals surface area contributed by atoms with Crippen molar-refractivity contribution in [1.82, 2.24) is 19.7 Å². The van der Waals surface area contributed by atoms with E-state index in [9.17, 15) is 0 Å². The first kappa shape index (κ1) is 19.0. The van der Waals surface area contributed by atoms with Gasteiger partial charge in [-0.1, -0.05) is 48.2 Å². The molecule has 1 atom stereocenters. The number of nitrogens with zero attached hydrogens (tertiary/aromatic N) is 4. The standard InChI is InChI=1S/C21H20N4OS3/c1-2-6-15(7-3-1)20-22-16(13-28-20)14-29-21-24-23-19(18-9-5-11-27-18)25(21)12-17-8-4-10-26-17/h1-3,5-7,9,11,13,17H,4,8,10,12,14H2. The third kappa shape index (κ3) is 4.30. The monoisotopic (exact) mass is 440 g/mol. The van der Waals surface area contributed by atoms with Gasteiger partial charge >= 0.3 is 0 Å². The second-order valence-electron chi connectivity index (χ2n) is 6.83. The van der Waals surface area contributed by atoms with Crippen LogP contribution in [0, 0.1) is 0 Å². The largest absolute Gasteiger partial charge is 0.376 e. The van der Waals surface area contributed by atoms with Crippen LogP contribution in [0.15, 0.2) is 58.4 Å². The lowest BCUT2D eigenvalue weighted by Gasteiger charge is -2.14. The maximum Gasteiger partial charge on any atom is 0.191 e. The SMILES string of the molecule is c1ccc(-c2nc(CSc3nnc(-c4cccs4)n3CC3CCCO3)cs2)cc1. The van der Waals surface area contributed by atoms with E-state index >= 15 is 0 Å². The fourth-order valence-corrected chi connectivity index (χ4v) is 5.85. The highest BCUT2D eigenvalue weighted by Crippen LogP contribution is 2.31. The van der Waals surface area contributed by atoms with E-state index in [0.29, 0.717) is 0 Å². The van der Waals surface area contributed by atoms with Crippen molar-refractivity contribution < 1.29 is 4.74 Å². The van der Waals surface area contributed by atoms with Crippen LogP contribution in [-0.2, 0) is 17.0 Å². The number of hydrogen-bond acceptors (Lipinski definition) is 7.